The van der Waals surface area contributed by atoms with Crippen molar-refractivity contribution in [3.63, 3.8) is 0 Å². The normalized spacial score (nSPS) is 23.4. The second kappa shape index (κ2) is 6.11. The van der Waals surface area contributed by atoms with Gasteiger partial charge in [-0.15, -0.1) is 0 Å². The van der Waals surface area contributed by atoms with Gasteiger partial charge >= 0.3 is 0 Å². The van der Waals surface area contributed by atoms with Gasteiger partial charge in [0.2, 0.25) is 0 Å². The maximum absolute atomic E-state index is 12.7. The van der Waals surface area contributed by atoms with Crippen LogP contribution in [0.25, 0.3) is 11.3 Å². The van der Waals surface area contributed by atoms with E-state index in [-0.39, 0.29) is 23.9 Å². The molecule has 2 aliphatic rings. The third-order valence-corrected chi connectivity index (χ3v) is 5.08. The number of carbonyl (C=O) groups excluding carboxylic acids is 2. The average molecular weight is 340 g/mol. The molecule has 2 fully saturated rings. The molecule has 3 heterocycles. The number of aromatic nitrogens is 1. The molecule has 1 unspecified atom stereocenters. The summed E-state index contributed by atoms with van der Waals surface area (Å²) < 4.78 is 11.0. The number of hydrogen-bond donors (Lipinski definition) is 0. The molecule has 2 aliphatic heterocycles. The molecule has 1 aromatic carbocycles. The Hall–Kier alpha value is -2.47. The number of rotatable bonds is 2. The molecule has 6 heteroatoms. The molecule has 0 aliphatic carbocycles. The second-order valence-electron chi connectivity index (χ2n) is 6.79. The number of benzene rings is 1. The lowest BCUT2D eigenvalue weighted by molar-refractivity contribution is -0.144. The number of piperidine rings is 1. The molecule has 1 spiro atoms. The summed E-state index contributed by atoms with van der Waals surface area (Å²) in [4.78, 5) is 26.7. The first kappa shape index (κ1) is 16.0. The number of likely N-dealkylation sites (tertiary alicyclic amines) is 1. The van der Waals surface area contributed by atoms with E-state index in [4.69, 9.17) is 9.26 Å². The molecule has 4 rings (SSSR count). The smallest absolute Gasteiger partial charge is 0.276 e. The van der Waals surface area contributed by atoms with Crippen LogP contribution in [0.2, 0.25) is 0 Å². The van der Waals surface area contributed by atoms with Crippen LogP contribution in [0.4, 0.5) is 0 Å². The van der Waals surface area contributed by atoms with Gasteiger partial charge in [-0.05, 0) is 19.8 Å². The summed E-state index contributed by atoms with van der Waals surface area (Å²) in [7, 11) is 0. The Morgan fingerprint density at radius 2 is 2.04 bits per heavy atom. The molecule has 0 N–H and O–H groups in total. The summed E-state index contributed by atoms with van der Waals surface area (Å²) in [5.74, 6) is 0.262. The van der Waals surface area contributed by atoms with Crippen molar-refractivity contribution >= 4 is 11.7 Å². The van der Waals surface area contributed by atoms with Crippen LogP contribution in [0.15, 0.2) is 34.9 Å². The van der Waals surface area contributed by atoms with Crippen molar-refractivity contribution in [1.82, 2.24) is 10.1 Å². The van der Waals surface area contributed by atoms with E-state index < -0.39 is 5.60 Å². The standard InChI is InChI=1S/C19H20N2O4/c1-13-3-5-14(6-4-13)16-11-15(20-25-16)18(23)21-9-8-19(17(22)12-21)7-2-10-24-19/h3-6,11H,2,7-10,12H2,1H3. The highest BCUT2D eigenvalue weighted by molar-refractivity contribution is 5.98. The summed E-state index contributed by atoms with van der Waals surface area (Å²) in [6.07, 6.45) is 2.22. The lowest BCUT2D eigenvalue weighted by Gasteiger charge is -2.36. The van der Waals surface area contributed by atoms with Crippen LogP contribution in [0, 0.1) is 6.92 Å². The number of nitrogens with zero attached hydrogens (tertiary/aromatic N) is 2. The Morgan fingerprint density at radius 1 is 1.24 bits per heavy atom. The zero-order valence-corrected chi connectivity index (χ0v) is 14.2. The van der Waals surface area contributed by atoms with Gasteiger partial charge in [0, 0.05) is 31.2 Å². The van der Waals surface area contributed by atoms with E-state index in [0.717, 1.165) is 24.0 Å². The molecule has 1 amide bonds. The highest BCUT2D eigenvalue weighted by Gasteiger charge is 2.46. The van der Waals surface area contributed by atoms with Gasteiger partial charge in [-0.2, -0.15) is 0 Å². The SMILES string of the molecule is Cc1ccc(-c2cc(C(=O)N3CCC4(CCCO4)C(=O)C3)no2)cc1. The molecule has 1 atom stereocenters. The summed E-state index contributed by atoms with van der Waals surface area (Å²) in [6.45, 7) is 3.21. The number of ether oxygens (including phenoxy) is 1. The lowest BCUT2D eigenvalue weighted by atomic mass is 9.87. The molecule has 25 heavy (non-hydrogen) atoms. The minimum Gasteiger partial charge on any atom is -0.367 e. The Morgan fingerprint density at radius 3 is 2.72 bits per heavy atom. The molecule has 1 aromatic heterocycles. The first-order valence-corrected chi connectivity index (χ1v) is 8.58. The van der Waals surface area contributed by atoms with Gasteiger partial charge in [-0.25, -0.2) is 0 Å². The van der Waals surface area contributed by atoms with Crippen molar-refractivity contribution < 1.29 is 18.8 Å². The minimum absolute atomic E-state index is 0.00754. The number of hydrogen-bond acceptors (Lipinski definition) is 5. The fraction of sp³-hybridized carbons (Fsp3) is 0.421. The molecule has 130 valence electrons. The van der Waals surface area contributed by atoms with E-state index in [1.807, 2.05) is 31.2 Å². The quantitative estimate of drug-likeness (QED) is 0.840. The molecule has 0 saturated carbocycles. The Kier molecular flexibility index (Phi) is 3.92. The van der Waals surface area contributed by atoms with Crippen LogP contribution in [-0.2, 0) is 9.53 Å². The van der Waals surface area contributed by atoms with E-state index in [9.17, 15) is 9.59 Å². The van der Waals surface area contributed by atoms with Crippen LogP contribution in [-0.4, -0.2) is 47.0 Å². The van der Waals surface area contributed by atoms with Crippen molar-refractivity contribution in [3.05, 3.63) is 41.6 Å². The van der Waals surface area contributed by atoms with Crippen molar-refractivity contribution in [2.24, 2.45) is 0 Å². The summed E-state index contributed by atoms with van der Waals surface area (Å²) >= 11 is 0. The Labute approximate surface area is 145 Å². The van der Waals surface area contributed by atoms with Crippen molar-refractivity contribution in [3.8, 4) is 11.3 Å². The summed E-state index contributed by atoms with van der Waals surface area (Å²) in [5.41, 5.74) is 1.58. The highest BCUT2D eigenvalue weighted by atomic mass is 16.5. The van der Waals surface area contributed by atoms with Crippen LogP contribution >= 0.6 is 0 Å². The highest BCUT2D eigenvalue weighted by Crippen LogP contribution is 2.33. The molecule has 0 radical (unpaired) electrons. The van der Waals surface area contributed by atoms with E-state index in [1.165, 1.54) is 4.90 Å². The van der Waals surface area contributed by atoms with Crippen LogP contribution in [0.5, 0.6) is 0 Å². The zero-order chi connectivity index (χ0) is 17.4. The van der Waals surface area contributed by atoms with Gasteiger partial charge in [0.1, 0.15) is 5.60 Å². The first-order valence-electron chi connectivity index (χ1n) is 8.58. The maximum atomic E-state index is 12.7. The number of Topliss-reactive ketones (excluding diaryl/α,β-unsaturated/α-hetero) is 1. The maximum Gasteiger partial charge on any atom is 0.276 e. The van der Waals surface area contributed by atoms with Gasteiger partial charge in [0.05, 0.1) is 6.54 Å². The molecular weight excluding hydrogens is 320 g/mol. The van der Waals surface area contributed by atoms with Crippen LogP contribution in [0.1, 0.15) is 35.3 Å². The first-order chi connectivity index (χ1) is 12.1. The van der Waals surface area contributed by atoms with E-state index in [0.29, 0.717) is 25.3 Å². The molecule has 6 nitrogen and oxygen atoms in total. The monoisotopic (exact) mass is 340 g/mol. The minimum atomic E-state index is -0.659. The van der Waals surface area contributed by atoms with Crippen LogP contribution < -0.4 is 0 Å². The lowest BCUT2D eigenvalue weighted by Crippen LogP contribution is -2.53. The average Bonchev–Trinajstić information content (AvgIpc) is 3.28. The van der Waals surface area contributed by atoms with Gasteiger partial charge < -0.3 is 14.2 Å². The third-order valence-electron chi connectivity index (χ3n) is 5.08. The predicted molar refractivity (Wildman–Crippen MR) is 90.1 cm³/mol. The number of aryl methyl sites for hydroxylation is 1. The predicted octanol–water partition coefficient (Wildman–Crippen LogP) is 2.61. The fourth-order valence-corrected chi connectivity index (χ4v) is 3.53. The van der Waals surface area contributed by atoms with Crippen molar-refractivity contribution in [2.75, 3.05) is 19.7 Å². The molecule has 2 aromatic rings. The summed E-state index contributed by atoms with van der Waals surface area (Å²) in [6, 6.07) is 9.44. The van der Waals surface area contributed by atoms with Gasteiger partial charge in [-0.3, -0.25) is 9.59 Å². The Balaban J connectivity index is 1.48. The zero-order valence-electron chi connectivity index (χ0n) is 14.2. The number of carbonyl (C=O) groups is 2. The molecule has 0 bridgehead atoms. The van der Waals surface area contributed by atoms with Crippen molar-refractivity contribution in [2.45, 2.75) is 31.8 Å². The number of ketones is 1. The fourth-order valence-electron chi connectivity index (χ4n) is 3.53. The summed E-state index contributed by atoms with van der Waals surface area (Å²) in [5, 5.41) is 3.90. The van der Waals surface area contributed by atoms with E-state index >= 15 is 0 Å². The molecule has 2 saturated heterocycles. The van der Waals surface area contributed by atoms with E-state index in [1.54, 1.807) is 6.07 Å². The van der Waals surface area contributed by atoms with E-state index in [2.05, 4.69) is 5.16 Å². The van der Waals surface area contributed by atoms with Gasteiger partial charge in [0.25, 0.3) is 5.91 Å². The Bertz CT molecular complexity index is 803. The van der Waals surface area contributed by atoms with Crippen molar-refractivity contribution in [1.29, 1.82) is 0 Å². The topological polar surface area (TPSA) is 72.6 Å². The van der Waals surface area contributed by atoms with Gasteiger partial charge in [-0.1, -0.05) is 35.0 Å². The second-order valence-corrected chi connectivity index (χ2v) is 6.79. The third kappa shape index (κ3) is 2.87. The number of amides is 1. The molecular formula is C19H20N2O4. The van der Waals surface area contributed by atoms with Crippen LogP contribution in [0.3, 0.4) is 0 Å². The largest absolute Gasteiger partial charge is 0.367 e. The van der Waals surface area contributed by atoms with Gasteiger partial charge in [0.15, 0.2) is 17.2 Å².